The lowest BCUT2D eigenvalue weighted by molar-refractivity contribution is -0.138. The monoisotopic (exact) mass is 1080 g/mol. The number of alkyl halides is 6. The van der Waals surface area contributed by atoms with Crippen molar-refractivity contribution in [2.45, 2.75) is 12.4 Å². The molecular formula is C31H18Br3Cl3F6N4O9S. The Morgan fingerprint density at radius 1 is 0.754 bits per heavy atom. The summed E-state index contributed by atoms with van der Waals surface area (Å²) >= 11 is 14.4. The Kier molecular flexibility index (Phi) is 19.5. The second-order valence-corrected chi connectivity index (χ2v) is 15.0. The van der Waals surface area contributed by atoms with Crippen LogP contribution < -0.4 is 5.73 Å². The SMILES string of the molecule is FC(F)(F)c1ccc(-c2noc(-c3occc3Br)n2)cc1.N/C(=N\O)c1ccc(C(F)(F)F)cc1.O=C(Cl)c1occc1Br.O=C(O)c1occc1Br.O=S(Cl)Cl. The van der Waals surface area contributed by atoms with Crippen molar-refractivity contribution in [2.75, 3.05) is 0 Å². The molecule has 4 aromatic heterocycles. The molecule has 4 N–H and O–H groups in total. The van der Waals surface area contributed by atoms with Crippen LogP contribution in [0.3, 0.4) is 0 Å². The molecule has 0 saturated carbocycles. The Bertz CT molecular complexity index is 2210. The summed E-state index contributed by atoms with van der Waals surface area (Å²) in [6, 6.07) is 13.3. The van der Waals surface area contributed by atoms with Crippen molar-refractivity contribution in [1.82, 2.24) is 10.1 Å². The molecule has 0 aliphatic heterocycles. The molecule has 13 nitrogen and oxygen atoms in total. The van der Waals surface area contributed by atoms with E-state index in [9.17, 15) is 35.9 Å². The standard InChI is InChI=1S/C13H6BrF3N2O2.C8H7F3N2O.C5H2BrClO2.C5H3BrO3.Cl2OS/c14-9-5-6-20-10(9)12-18-11(19-21-12)7-1-3-8(4-2-7)13(15,16)17;9-8(10,11)6-3-1-5(2-4-6)7(12)13-14;2*6-3-1-2-9-4(3)5(7)8;1-4(2)3/h1-6H;1-4,14H,(H2,12,13);1-2H;1-2H,(H,7,8);. The summed E-state index contributed by atoms with van der Waals surface area (Å²) in [5, 5.41) is 22.4. The lowest BCUT2D eigenvalue weighted by Crippen LogP contribution is -2.13. The summed E-state index contributed by atoms with van der Waals surface area (Å²) < 4.78 is 104. The van der Waals surface area contributed by atoms with Gasteiger partial charge in [-0.3, -0.25) is 4.79 Å². The molecular weight excluding hydrogens is 1060 g/mol. The van der Waals surface area contributed by atoms with E-state index in [1.54, 1.807) is 12.1 Å². The van der Waals surface area contributed by atoms with E-state index in [0.717, 1.165) is 36.4 Å². The van der Waals surface area contributed by atoms with Crippen molar-refractivity contribution >= 4 is 107 Å². The molecule has 4 heterocycles. The molecule has 0 fully saturated rings. The number of carboxylic acid groups (broad SMARTS) is 1. The van der Waals surface area contributed by atoms with E-state index in [0.29, 0.717) is 24.7 Å². The van der Waals surface area contributed by atoms with Crippen LogP contribution in [-0.4, -0.2) is 41.7 Å². The van der Waals surface area contributed by atoms with Gasteiger partial charge in [0, 0.05) is 32.5 Å². The van der Waals surface area contributed by atoms with Crippen LogP contribution >= 0.6 is 80.8 Å². The molecule has 0 amide bonds. The number of hydrogen-bond acceptors (Lipinski definition) is 11. The summed E-state index contributed by atoms with van der Waals surface area (Å²) in [5.41, 5.74) is 4.32. The van der Waals surface area contributed by atoms with Crippen LogP contribution in [0.4, 0.5) is 26.3 Å². The van der Waals surface area contributed by atoms with Crippen LogP contribution in [0.1, 0.15) is 37.8 Å². The van der Waals surface area contributed by atoms with Gasteiger partial charge in [-0.25, -0.2) is 9.00 Å². The normalized spacial score (nSPS) is 11.1. The van der Waals surface area contributed by atoms with Crippen LogP contribution in [-0.2, 0) is 21.6 Å². The zero-order valence-electron chi connectivity index (χ0n) is 27.2. The van der Waals surface area contributed by atoms with E-state index in [-0.39, 0.29) is 34.6 Å². The molecule has 6 aromatic rings. The molecule has 0 aliphatic rings. The van der Waals surface area contributed by atoms with E-state index < -0.39 is 43.9 Å². The zero-order valence-corrected chi connectivity index (χ0v) is 35.0. The topological polar surface area (TPSA) is 208 Å². The maximum atomic E-state index is 12.5. The van der Waals surface area contributed by atoms with Gasteiger partial charge in [0.25, 0.3) is 11.1 Å². The van der Waals surface area contributed by atoms with Crippen molar-refractivity contribution in [3.8, 4) is 23.0 Å². The number of carboxylic acids is 1. The average Bonchev–Trinajstić information content (AvgIpc) is 3.96. The van der Waals surface area contributed by atoms with Gasteiger partial charge in [0.1, 0.15) is 0 Å². The number of nitrogens with two attached hydrogens (primary N) is 1. The highest BCUT2D eigenvalue weighted by atomic mass is 79.9. The van der Waals surface area contributed by atoms with E-state index in [1.165, 1.54) is 37.0 Å². The maximum absolute atomic E-state index is 12.5. The Labute approximate surface area is 356 Å². The minimum absolute atomic E-state index is 0.0602. The van der Waals surface area contributed by atoms with Crippen molar-refractivity contribution in [1.29, 1.82) is 0 Å². The molecule has 26 heteroatoms. The minimum atomic E-state index is -4.38. The average molecular weight is 1080 g/mol. The molecule has 0 unspecified atom stereocenters. The van der Waals surface area contributed by atoms with Gasteiger partial charge in [-0.1, -0.05) is 34.6 Å². The number of aromatic nitrogens is 2. The van der Waals surface area contributed by atoms with Gasteiger partial charge in [0.05, 0.1) is 43.3 Å². The van der Waals surface area contributed by atoms with E-state index >= 15 is 0 Å². The number of aromatic carboxylic acids is 1. The number of furan rings is 3. The molecule has 0 aliphatic carbocycles. The highest BCUT2D eigenvalue weighted by Crippen LogP contribution is 2.33. The Balaban J connectivity index is 0.000000270. The lowest BCUT2D eigenvalue weighted by atomic mass is 10.1. The number of amidine groups is 1. The van der Waals surface area contributed by atoms with Crippen LogP contribution in [0, 0.1) is 0 Å². The van der Waals surface area contributed by atoms with Gasteiger partial charge in [0.15, 0.2) is 11.6 Å². The molecule has 0 spiro atoms. The lowest BCUT2D eigenvalue weighted by Gasteiger charge is -2.06. The quantitative estimate of drug-likeness (QED) is 0.0368. The number of oxime groups is 1. The number of hydrogen-bond donors (Lipinski definition) is 3. The number of carbonyl (C=O) groups excluding carboxylic acids is 1. The molecule has 0 atom stereocenters. The van der Waals surface area contributed by atoms with Gasteiger partial charge < -0.3 is 33.8 Å². The highest BCUT2D eigenvalue weighted by Gasteiger charge is 2.31. The number of nitrogens with zero attached hydrogens (tertiary/aromatic N) is 3. The molecule has 306 valence electrons. The van der Waals surface area contributed by atoms with Crippen LogP contribution in [0.2, 0.25) is 0 Å². The molecule has 0 saturated heterocycles. The van der Waals surface area contributed by atoms with E-state index in [1.807, 2.05) is 0 Å². The maximum Gasteiger partial charge on any atom is 0.416 e. The van der Waals surface area contributed by atoms with E-state index in [2.05, 4.69) is 88.9 Å². The third kappa shape index (κ3) is 16.3. The van der Waals surface area contributed by atoms with Crippen molar-refractivity contribution in [2.24, 2.45) is 10.9 Å². The van der Waals surface area contributed by atoms with Gasteiger partial charge >= 0.3 is 18.3 Å². The third-order valence-corrected chi connectivity index (χ3v) is 7.98. The second-order valence-electron chi connectivity index (χ2n) is 9.61. The Hall–Kier alpha value is -4.13. The van der Waals surface area contributed by atoms with E-state index in [4.69, 9.17) is 45.2 Å². The van der Waals surface area contributed by atoms with Crippen LogP contribution in [0.25, 0.3) is 23.0 Å². The van der Waals surface area contributed by atoms with Gasteiger partial charge in [-0.05, 0) is 102 Å². The van der Waals surface area contributed by atoms with Crippen LogP contribution in [0.5, 0.6) is 0 Å². The Morgan fingerprint density at radius 3 is 1.53 bits per heavy atom. The highest BCUT2D eigenvalue weighted by molar-refractivity contribution is 9.11. The molecule has 0 radical (unpaired) electrons. The predicted octanol–water partition coefficient (Wildman–Crippen LogP) is 11.8. The molecule has 2 aromatic carbocycles. The fourth-order valence-corrected chi connectivity index (χ4v) is 4.84. The molecule has 57 heavy (non-hydrogen) atoms. The second kappa shape index (κ2) is 22.7. The summed E-state index contributed by atoms with van der Waals surface area (Å²) in [6.45, 7) is 0. The first-order chi connectivity index (χ1) is 26.6. The first-order valence-electron chi connectivity index (χ1n) is 14.1. The fraction of sp³-hybridized carbons (Fsp3) is 0.0645. The number of rotatable bonds is 5. The van der Waals surface area contributed by atoms with Crippen molar-refractivity contribution < 1.29 is 68.2 Å². The number of carbonyl (C=O) groups is 2. The Morgan fingerprint density at radius 2 is 1.19 bits per heavy atom. The zero-order chi connectivity index (χ0) is 43.1. The summed E-state index contributed by atoms with van der Waals surface area (Å²) in [4.78, 5) is 24.6. The van der Waals surface area contributed by atoms with Gasteiger partial charge in [0.2, 0.25) is 26.6 Å². The number of benzene rings is 2. The fourth-order valence-electron chi connectivity index (χ4n) is 3.46. The van der Waals surface area contributed by atoms with Gasteiger partial charge in [-0.2, -0.15) is 31.3 Å². The summed E-state index contributed by atoms with van der Waals surface area (Å²) in [5.74, 6) is -0.512. The van der Waals surface area contributed by atoms with Crippen molar-refractivity contribution in [3.05, 3.63) is 127 Å². The third-order valence-electron chi connectivity index (χ3n) is 5.93. The number of halogens is 12. The summed E-state index contributed by atoms with van der Waals surface area (Å²) in [6.07, 6.45) is -4.60. The predicted molar refractivity (Wildman–Crippen MR) is 204 cm³/mol. The van der Waals surface area contributed by atoms with Crippen LogP contribution in [0.15, 0.2) is 122 Å². The summed E-state index contributed by atoms with van der Waals surface area (Å²) in [7, 11) is 7.36. The molecule has 6 rings (SSSR count). The van der Waals surface area contributed by atoms with Gasteiger partial charge in [-0.15, -0.1) is 0 Å². The molecule has 0 bridgehead atoms. The first-order valence-corrected chi connectivity index (χ1v) is 19.7. The van der Waals surface area contributed by atoms with Crippen molar-refractivity contribution in [3.63, 3.8) is 0 Å². The minimum Gasteiger partial charge on any atom is -0.475 e. The smallest absolute Gasteiger partial charge is 0.416 e. The largest absolute Gasteiger partial charge is 0.475 e. The first kappa shape index (κ1) is 49.0.